The number of hydrogen-bond donors (Lipinski definition) is 1. The Morgan fingerprint density at radius 3 is 2.24 bits per heavy atom. The van der Waals surface area contributed by atoms with Crippen LogP contribution < -0.4 is 10.1 Å². The molecule has 8 heteroatoms. The third kappa shape index (κ3) is 6.72. The molecule has 0 unspecified atom stereocenters. The Balaban J connectivity index is 2.38. The van der Waals surface area contributed by atoms with E-state index in [4.69, 9.17) is 4.74 Å². The summed E-state index contributed by atoms with van der Waals surface area (Å²) in [6.45, 7) is -1.40. The first-order chi connectivity index (χ1) is 9.83. The van der Waals surface area contributed by atoms with E-state index in [0.717, 1.165) is 12.1 Å². The minimum absolute atomic E-state index is 0.0905. The highest BCUT2D eigenvalue weighted by molar-refractivity contribution is 5.31. The zero-order valence-corrected chi connectivity index (χ0v) is 11.4. The Morgan fingerprint density at radius 2 is 1.71 bits per heavy atom. The van der Waals surface area contributed by atoms with Gasteiger partial charge in [0.2, 0.25) is 0 Å². The summed E-state index contributed by atoms with van der Waals surface area (Å²) in [6.07, 6.45) is -4.30. The Labute approximate surface area is 119 Å². The van der Waals surface area contributed by atoms with Crippen LogP contribution in [0.1, 0.15) is 12.0 Å². The van der Waals surface area contributed by atoms with Gasteiger partial charge in [-0.2, -0.15) is 13.2 Å². The smallest absolute Gasteiger partial charge is 0.411 e. The predicted molar refractivity (Wildman–Crippen MR) is 66.1 cm³/mol. The molecular weight excluding hydrogens is 297 g/mol. The SMILES string of the molecule is CNCc1cc(F)c(OCCCOCC(F)(F)F)c(F)c1. The van der Waals surface area contributed by atoms with E-state index in [1.165, 1.54) is 0 Å². The highest BCUT2D eigenvalue weighted by Crippen LogP contribution is 2.23. The molecular formula is C13H16F5NO2. The van der Waals surface area contributed by atoms with Gasteiger partial charge in [0, 0.05) is 13.0 Å². The maximum absolute atomic E-state index is 13.6. The maximum atomic E-state index is 13.6. The van der Waals surface area contributed by atoms with E-state index >= 15 is 0 Å². The highest BCUT2D eigenvalue weighted by Gasteiger charge is 2.27. The minimum atomic E-state index is -4.39. The van der Waals surface area contributed by atoms with Crippen molar-refractivity contribution in [3.63, 3.8) is 0 Å². The molecule has 0 amide bonds. The summed E-state index contributed by atoms with van der Waals surface area (Å²) >= 11 is 0. The topological polar surface area (TPSA) is 30.5 Å². The summed E-state index contributed by atoms with van der Waals surface area (Å²) in [5, 5.41) is 2.75. The lowest BCUT2D eigenvalue weighted by atomic mass is 10.2. The monoisotopic (exact) mass is 313 g/mol. The number of halogens is 5. The number of rotatable bonds is 8. The van der Waals surface area contributed by atoms with Crippen molar-refractivity contribution in [2.75, 3.05) is 26.9 Å². The van der Waals surface area contributed by atoms with Gasteiger partial charge in [-0.25, -0.2) is 8.78 Å². The van der Waals surface area contributed by atoms with Gasteiger partial charge in [0.1, 0.15) is 6.61 Å². The van der Waals surface area contributed by atoms with Crippen molar-refractivity contribution in [2.24, 2.45) is 0 Å². The lowest BCUT2D eigenvalue weighted by molar-refractivity contribution is -0.174. The second kappa shape index (κ2) is 8.14. The molecule has 0 aromatic heterocycles. The van der Waals surface area contributed by atoms with E-state index in [2.05, 4.69) is 10.1 Å². The van der Waals surface area contributed by atoms with Gasteiger partial charge in [-0.15, -0.1) is 0 Å². The molecule has 0 heterocycles. The van der Waals surface area contributed by atoms with Crippen LogP contribution in [-0.2, 0) is 11.3 Å². The Hall–Kier alpha value is -1.41. The minimum Gasteiger partial charge on any atom is -0.488 e. The molecule has 0 fully saturated rings. The molecule has 3 nitrogen and oxygen atoms in total. The molecule has 0 spiro atoms. The quantitative estimate of drug-likeness (QED) is 0.591. The lowest BCUT2D eigenvalue weighted by Crippen LogP contribution is -2.18. The second-order valence-corrected chi connectivity index (χ2v) is 4.29. The van der Waals surface area contributed by atoms with Gasteiger partial charge in [-0.3, -0.25) is 0 Å². The van der Waals surface area contributed by atoms with E-state index in [9.17, 15) is 22.0 Å². The third-order valence-corrected chi connectivity index (χ3v) is 2.38. The molecule has 0 aliphatic heterocycles. The van der Waals surface area contributed by atoms with Crippen molar-refractivity contribution < 1.29 is 31.4 Å². The van der Waals surface area contributed by atoms with Crippen molar-refractivity contribution in [3.05, 3.63) is 29.3 Å². The fraction of sp³-hybridized carbons (Fsp3) is 0.538. The molecule has 120 valence electrons. The molecule has 21 heavy (non-hydrogen) atoms. The molecule has 0 saturated carbocycles. The molecule has 1 N–H and O–H groups in total. The fourth-order valence-electron chi connectivity index (χ4n) is 1.58. The molecule has 1 aromatic rings. The third-order valence-electron chi connectivity index (χ3n) is 2.38. The average molecular weight is 313 g/mol. The standard InChI is InChI=1S/C13H16F5NO2/c1-19-7-9-5-10(14)12(11(15)6-9)21-4-2-3-20-8-13(16,17)18/h5-6,19H,2-4,7-8H2,1H3. The Morgan fingerprint density at radius 1 is 1.10 bits per heavy atom. The first-order valence-corrected chi connectivity index (χ1v) is 6.23. The average Bonchev–Trinajstić information content (AvgIpc) is 2.35. The van der Waals surface area contributed by atoms with E-state index in [1.54, 1.807) is 7.05 Å². The van der Waals surface area contributed by atoms with Crippen LogP contribution >= 0.6 is 0 Å². The van der Waals surface area contributed by atoms with Crippen molar-refractivity contribution in [1.29, 1.82) is 0 Å². The number of benzene rings is 1. The number of ether oxygens (including phenoxy) is 2. The van der Waals surface area contributed by atoms with Crippen LogP contribution in [0.15, 0.2) is 12.1 Å². The van der Waals surface area contributed by atoms with E-state index in [0.29, 0.717) is 12.1 Å². The molecule has 1 aromatic carbocycles. The van der Waals surface area contributed by atoms with Gasteiger partial charge in [0.05, 0.1) is 13.2 Å². The zero-order valence-electron chi connectivity index (χ0n) is 11.4. The summed E-state index contributed by atoms with van der Waals surface area (Å²) < 4.78 is 71.8. The van der Waals surface area contributed by atoms with Gasteiger partial charge in [0.15, 0.2) is 17.4 Å². The van der Waals surface area contributed by atoms with Crippen molar-refractivity contribution >= 4 is 0 Å². The van der Waals surface area contributed by atoms with Crippen LogP contribution in [0.25, 0.3) is 0 Å². The van der Waals surface area contributed by atoms with Crippen LogP contribution in [0.2, 0.25) is 0 Å². The van der Waals surface area contributed by atoms with Crippen molar-refractivity contribution in [3.8, 4) is 5.75 Å². The normalized spacial score (nSPS) is 11.7. The molecule has 0 atom stereocenters. The van der Waals surface area contributed by atoms with Gasteiger partial charge in [-0.1, -0.05) is 0 Å². The molecule has 0 saturated heterocycles. The van der Waals surface area contributed by atoms with Crippen LogP contribution in [0, 0.1) is 11.6 Å². The van der Waals surface area contributed by atoms with Crippen molar-refractivity contribution in [1.82, 2.24) is 5.32 Å². The van der Waals surface area contributed by atoms with Gasteiger partial charge < -0.3 is 14.8 Å². The van der Waals surface area contributed by atoms with Crippen LogP contribution in [0.4, 0.5) is 22.0 Å². The van der Waals surface area contributed by atoms with E-state index in [-0.39, 0.29) is 19.6 Å². The lowest BCUT2D eigenvalue weighted by Gasteiger charge is -2.11. The van der Waals surface area contributed by atoms with Crippen molar-refractivity contribution in [2.45, 2.75) is 19.1 Å². The second-order valence-electron chi connectivity index (χ2n) is 4.29. The fourth-order valence-corrected chi connectivity index (χ4v) is 1.58. The number of nitrogens with one attached hydrogen (secondary N) is 1. The summed E-state index contributed by atoms with van der Waals surface area (Å²) in [7, 11) is 1.64. The van der Waals surface area contributed by atoms with Crippen LogP contribution in [0.3, 0.4) is 0 Å². The molecule has 0 bridgehead atoms. The Kier molecular flexibility index (Phi) is 6.83. The van der Waals surface area contributed by atoms with Crippen LogP contribution in [-0.4, -0.2) is 33.0 Å². The largest absolute Gasteiger partial charge is 0.488 e. The van der Waals surface area contributed by atoms with Crippen LogP contribution in [0.5, 0.6) is 5.75 Å². The zero-order chi connectivity index (χ0) is 15.9. The highest BCUT2D eigenvalue weighted by atomic mass is 19.4. The van der Waals surface area contributed by atoms with Gasteiger partial charge >= 0.3 is 6.18 Å². The van der Waals surface area contributed by atoms with Gasteiger partial charge in [0.25, 0.3) is 0 Å². The molecule has 1 rings (SSSR count). The van der Waals surface area contributed by atoms with E-state index < -0.39 is 30.2 Å². The molecule has 0 radical (unpaired) electrons. The summed E-state index contributed by atoms with van der Waals surface area (Å²) in [5.74, 6) is -2.24. The number of hydrogen-bond acceptors (Lipinski definition) is 3. The molecule has 0 aliphatic rings. The van der Waals surface area contributed by atoms with Gasteiger partial charge in [-0.05, 0) is 24.7 Å². The predicted octanol–water partition coefficient (Wildman–Crippen LogP) is 3.03. The number of alkyl halides is 3. The first-order valence-electron chi connectivity index (χ1n) is 6.23. The summed E-state index contributed by atoms with van der Waals surface area (Å²) in [5.41, 5.74) is 0.424. The summed E-state index contributed by atoms with van der Waals surface area (Å²) in [4.78, 5) is 0. The summed E-state index contributed by atoms with van der Waals surface area (Å²) in [6, 6.07) is 2.27. The molecule has 0 aliphatic carbocycles. The van der Waals surface area contributed by atoms with E-state index in [1.807, 2.05) is 0 Å². The Bertz CT molecular complexity index is 428. The maximum Gasteiger partial charge on any atom is 0.411 e. The first kappa shape index (κ1) is 17.6.